The number of hydrogen-bond donors (Lipinski definition) is 1. The molecule has 0 spiro atoms. The van der Waals surface area contributed by atoms with Gasteiger partial charge in [-0.3, -0.25) is 9.59 Å². The lowest BCUT2D eigenvalue weighted by Gasteiger charge is -2.39. The highest BCUT2D eigenvalue weighted by Crippen LogP contribution is 2.16. The van der Waals surface area contributed by atoms with E-state index in [1.54, 1.807) is 11.1 Å². The van der Waals surface area contributed by atoms with Gasteiger partial charge in [0.2, 0.25) is 11.8 Å². The number of amides is 2. The number of aryl methyl sites for hydroxylation is 1. The minimum atomic E-state index is -0.380. The summed E-state index contributed by atoms with van der Waals surface area (Å²) in [6.45, 7) is 7.10. The molecule has 6 nitrogen and oxygen atoms in total. The molecule has 1 aromatic rings. The minimum absolute atomic E-state index is 0.0225. The number of piperazine rings is 1. The van der Waals surface area contributed by atoms with Gasteiger partial charge in [-0.05, 0) is 19.8 Å². The molecule has 0 saturated carbocycles. The van der Waals surface area contributed by atoms with E-state index < -0.39 is 0 Å². The molecule has 1 aliphatic rings. The first-order valence-electron chi connectivity index (χ1n) is 7.67. The van der Waals surface area contributed by atoms with Crippen LogP contribution < -0.4 is 5.32 Å². The predicted molar refractivity (Wildman–Crippen MR) is 79.6 cm³/mol. The van der Waals surface area contributed by atoms with Crippen LogP contribution >= 0.6 is 0 Å². The third-order valence-corrected chi connectivity index (χ3v) is 4.05. The molecule has 1 N–H and O–H groups in total. The normalized spacial score (nSPS) is 22.5. The average molecular weight is 292 g/mol. The third kappa shape index (κ3) is 3.25. The van der Waals surface area contributed by atoms with Gasteiger partial charge in [-0.1, -0.05) is 20.3 Å². The maximum Gasteiger partial charge on any atom is 0.245 e. The van der Waals surface area contributed by atoms with E-state index in [1.165, 1.54) is 0 Å². The van der Waals surface area contributed by atoms with Gasteiger partial charge in [0.25, 0.3) is 0 Å². The van der Waals surface area contributed by atoms with Gasteiger partial charge >= 0.3 is 0 Å². The molecule has 2 amide bonds. The first-order valence-corrected chi connectivity index (χ1v) is 7.67. The molecule has 0 aliphatic carbocycles. The first-order chi connectivity index (χ1) is 10.1. The fraction of sp³-hybridized carbons (Fsp3) is 0.667. The monoisotopic (exact) mass is 292 g/mol. The van der Waals surface area contributed by atoms with E-state index in [9.17, 15) is 9.59 Å². The molecule has 0 bridgehead atoms. The van der Waals surface area contributed by atoms with Crippen LogP contribution in [0.1, 0.15) is 38.9 Å². The largest absolute Gasteiger partial charge is 0.343 e. The number of rotatable bonds is 6. The summed E-state index contributed by atoms with van der Waals surface area (Å²) in [7, 11) is 0. The highest BCUT2D eigenvalue weighted by Gasteiger charge is 2.38. The van der Waals surface area contributed by atoms with E-state index in [-0.39, 0.29) is 23.9 Å². The van der Waals surface area contributed by atoms with Crippen LogP contribution in [0.25, 0.3) is 0 Å². The SMILES string of the molecule is CCCC1C(=O)NC(CC)C(=O)N1CCn1ccnc1C. The van der Waals surface area contributed by atoms with Crippen LogP contribution in [0.5, 0.6) is 0 Å². The van der Waals surface area contributed by atoms with Gasteiger partial charge in [-0.2, -0.15) is 0 Å². The Kier molecular flexibility index (Phi) is 4.98. The Bertz CT molecular complexity index is 512. The van der Waals surface area contributed by atoms with Crippen molar-refractivity contribution in [1.82, 2.24) is 19.8 Å². The second-order valence-electron chi connectivity index (χ2n) is 5.47. The van der Waals surface area contributed by atoms with Crippen molar-refractivity contribution in [1.29, 1.82) is 0 Å². The fourth-order valence-electron chi connectivity index (χ4n) is 2.78. The van der Waals surface area contributed by atoms with Crippen molar-refractivity contribution in [3.05, 3.63) is 18.2 Å². The van der Waals surface area contributed by atoms with Crippen molar-refractivity contribution in [3.63, 3.8) is 0 Å². The Labute approximate surface area is 125 Å². The summed E-state index contributed by atoms with van der Waals surface area (Å²) in [6, 6.07) is -0.719. The molecular formula is C15H24N4O2. The summed E-state index contributed by atoms with van der Waals surface area (Å²) >= 11 is 0. The van der Waals surface area contributed by atoms with Crippen LogP contribution in [-0.4, -0.2) is 44.9 Å². The van der Waals surface area contributed by atoms with Gasteiger partial charge < -0.3 is 14.8 Å². The Balaban J connectivity index is 2.12. The van der Waals surface area contributed by atoms with Gasteiger partial charge in [-0.25, -0.2) is 4.98 Å². The van der Waals surface area contributed by atoms with Gasteiger partial charge in [0, 0.05) is 25.5 Å². The molecule has 0 aromatic carbocycles. The van der Waals surface area contributed by atoms with E-state index in [0.717, 1.165) is 12.2 Å². The fourth-order valence-corrected chi connectivity index (χ4v) is 2.78. The van der Waals surface area contributed by atoms with E-state index in [4.69, 9.17) is 0 Å². The molecule has 1 aromatic heterocycles. The smallest absolute Gasteiger partial charge is 0.245 e. The number of imidazole rings is 1. The molecule has 1 saturated heterocycles. The van der Waals surface area contributed by atoms with E-state index >= 15 is 0 Å². The molecule has 1 aliphatic heterocycles. The van der Waals surface area contributed by atoms with Gasteiger partial charge in [-0.15, -0.1) is 0 Å². The van der Waals surface area contributed by atoms with Crippen LogP contribution in [0.15, 0.2) is 12.4 Å². The summed E-state index contributed by atoms with van der Waals surface area (Å²) in [4.78, 5) is 30.7. The Morgan fingerprint density at radius 2 is 2.05 bits per heavy atom. The van der Waals surface area contributed by atoms with Crippen molar-refractivity contribution in [2.45, 2.75) is 58.7 Å². The highest BCUT2D eigenvalue weighted by molar-refractivity contribution is 5.96. The van der Waals surface area contributed by atoms with E-state index in [2.05, 4.69) is 10.3 Å². The Morgan fingerprint density at radius 3 is 2.62 bits per heavy atom. The number of hydrogen-bond acceptors (Lipinski definition) is 3. The summed E-state index contributed by atoms with van der Waals surface area (Å²) < 4.78 is 2.00. The van der Waals surface area contributed by atoms with Crippen LogP contribution in [-0.2, 0) is 16.1 Å². The maximum atomic E-state index is 12.5. The third-order valence-electron chi connectivity index (χ3n) is 4.05. The molecule has 2 rings (SSSR count). The zero-order chi connectivity index (χ0) is 15.4. The molecule has 2 heterocycles. The predicted octanol–water partition coefficient (Wildman–Crippen LogP) is 1.10. The Hall–Kier alpha value is -1.85. The molecule has 116 valence electrons. The van der Waals surface area contributed by atoms with E-state index in [0.29, 0.717) is 25.9 Å². The zero-order valence-corrected chi connectivity index (χ0v) is 13.0. The molecule has 1 fully saturated rings. The number of carbonyl (C=O) groups is 2. The van der Waals surface area contributed by atoms with Crippen molar-refractivity contribution in [2.24, 2.45) is 0 Å². The molecule has 6 heteroatoms. The number of carbonyl (C=O) groups excluding carboxylic acids is 2. The van der Waals surface area contributed by atoms with Crippen molar-refractivity contribution < 1.29 is 9.59 Å². The number of nitrogens with zero attached hydrogens (tertiary/aromatic N) is 3. The second kappa shape index (κ2) is 6.74. The summed E-state index contributed by atoms with van der Waals surface area (Å²) in [5.41, 5.74) is 0. The van der Waals surface area contributed by atoms with Crippen molar-refractivity contribution in [2.75, 3.05) is 6.54 Å². The van der Waals surface area contributed by atoms with Crippen molar-refractivity contribution >= 4 is 11.8 Å². The molecule has 0 radical (unpaired) electrons. The second-order valence-corrected chi connectivity index (χ2v) is 5.47. The summed E-state index contributed by atoms with van der Waals surface area (Å²) in [5.74, 6) is 0.932. The van der Waals surface area contributed by atoms with Crippen LogP contribution in [0.2, 0.25) is 0 Å². The van der Waals surface area contributed by atoms with Crippen molar-refractivity contribution in [3.8, 4) is 0 Å². The average Bonchev–Trinajstić information content (AvgIpc) is 2.87. The van der Waals surface area contributed by atoms with Crippen LogP contribution in [0.4, 0.5) is 0 Å². The lowest BCUT2D eigenvalue weighted by molar-refractivity contribution is -0.149. The van der Waals surface area contributed by atoms with Crippen LogP contribution in [0.3, 0.4) is 0 Å². The quantitative estimate of drug-likeness (QED) is 0.853. The van der Waals surface area contributed by atoms with E-state index in [1.807, 2.05) is 31.5 Å². The molecule has 2 unspecified atom stereocenters. The molecular weight excluding hydrogens is 268 g/mol. The standard InChI is InChI=1S/C15H24N4O2/c1-4-6-13-14(20)17-12(5-2)15(21)19(13)10-9-18-8-7-16-11(18)3/h7-8,12-13H,4-6,9-10H2,1-3H3,(H,17,20). The lowest BCUT2D eigenvalue weighted by atomic mass is 10.0. The first kappa shape index (κ1) is 15.5. The lowest BCUT2D eigenvalue weighted by Crippen LogP contribution is -2.63. The topological polar surface area (TPSA) is 67.2 Å². The number of nitrogens with one attached hydrogen (secondary N) is 1. The van der Waals surface area contributed by atoms with Gasteiger partial charge in [0.1, 0.15) is 17.9 Å². The van der Waals surface area contributed by atoms with Crippen LogP contribution in [0, 0.1) is 6.92 Å². The Morgan fingerprint density at radius 1 is 1.29 bits per heavy atom. The molecule has 21 heavy (non-hydrogen) atoms. The minimum Gasteiger partial charge on any atom is -0.343 e. The van der Waals surface area contributed by atoms with Gasteiger partial charge in [0.05, 0.1) is 0 Å². The maximum absolute atomic E-state index is 12.5. The number of aromatic nitrogens is 2. The summed E-state index contributed by atoms with van der Waals surface area (Å²) in [5, 5.41) is 2.84. The van der Waals surface area contributed by atoms with Gasteiger partial charge in [0.15, 0.2) is 0 Å². The highest BCUT2D eigenvalue weighted by atomic mass is 16.2. The summed E-state index contributed by atoms with van der Waals surface area (Å²) in [6.07, 6.45) is 5.86. The zero-order valence-electron chi connectivity index (χ0n) is 13.0. The molecule has 2 atom stereocenters.